The average molecular weight is 464 g/mol. The summed E-state index contributed by atoms with van der Waals surface area (Å²) in [7, 11) is 3.19. The fourth-order valence-corrected chi connectivity index (χ4v) is 2.96. The van der Waals surface area contributed by atoms with Crippen molar-refractivity contribution in [3.8, 4) is 6.07 Å². The van der Waals surface area contributed by atoms with E-state index in [0.29, 0.717) is 56.3 Å². The molecule has 2 rings (SSSR count). The van der Waals surface area contributed by atoms with Gasteiger partial charge in [0.15, 0.2) is 5.82 Å². The summed E-state index contributed by atoms with van der Waals surface area (Å²) in [5.74, 6) is 0.667. The number of ether oxygens (including phenoxy) is 2. The Balaban J connectivity index is 2.46. The predicted molar refractivity (Wildman–Crippen MR) is 119 cm³/mol. The fourth-order valence-electron chi connectivity index (χ4n) is 2.96. The monoisotopic (exact) mass is 464 g/mol. The van der Waals surface area contributed by atoms with Crippen LogP contribution in [-0.2, 0) is 15.7 Å². The molecule has 11 heteroatoms. The summed E-state index contributed by atoms with van der Waals surface area (Å²) in [6.45, 7) is 3.72. The molecule has 0 aliphatic rings. The highest BCUT2D eigenvalue weighted by Crippen LogP contribution is 2.39. The smallest absolute Gasteiger partial charge is 0.385 e. The largest absolute Gasteiger partial charge is 0.418 e. The number of methoxy groups -OCH3 is 2. The first-order chi connectivity index (χ1) is 15.8. The first-order valence-electron chi connectivity index (χ1n) is 10.3. The van der Waals surface area contributed by atoms with Gasteiger partial charge in [-0.3, -0.25) is 0 Å². The van der Waals surface area contributed by atoms with Gasteiger partial charge in [0, 0.05) is 46.1 Å². The summed E-state index contributed by atoms with van der Waals surface area (Å²) in [4.78, 5) is 4.48. The molecule has 0 amide bonds. The van der Waals surface area contributed by atoms with Gasteiger partial charge in [0.1, 0.15) is 17.6 Å². The Kier molecular flexibility index (Phi) is 10.0. The van der Waals surface area contributed by atoms with E-state index in [1.807, 2.05) is 0 Å². The van der Waals surface area contributed by atoms with Crippen LogP contribution in [0.1, 0.15) is 29.5 Å². The predicted octanol–water partition coefficient (Wildman–Crippen LogP) is 5.59. The molecule has 2 N–H and O–H groups in total. The lowest BCUT2D eigenvalue weighted by molar-refractivity contribution is -0.137. The standard InChI is InChI=1S/C22H27F3N6O2/c1-15-16(14-26)20(27-10-6-12-32-2)29-21(28-11-7-13-33-3)19(15)31-30-18-9-5-4-8-17(18)22(23,24)25/h4-5,8-9H,6-7,10-13H2,1-3H3,(H2,27,28,29)/b31-30+. The number of benzene rings is 1. The summed E-state index contributed by atoms with van der Waals surface area (Å²) in [6.07, 6.45) is -3.20. The molecular weight excluding hydrogens is 437 g/mol. The van der Waals surface area contributed by atoms with Crippen LogP contribution in [0.15, 0.2) is 34.5 Å². The maximum Gasteiger partial charge on any atom is 0.418 e. The van der Waals surface area contributed by atoms with Crippen molar-refractivity contribution < 1.29 is 22.6 Å². The van der Waals surface area contributed by atoms with E-state index in [4.69, 9.17) is 9.47 Å². The van der Waals surface area contributed by atoms with Crippen LogP contribution in [0.2, 0.25) is 0 Å². The molecule has 1 heterocycles. The number of aromatic nitrogens is 1. The number of pyridine rings is 1. The number of rotatable bonds is 12. The van der Waals surface area contributed by atoms with E-state index in [1.165, 1.54) is 18.2 Å². The zero-order valence-corrected chi connectivity index (χ0v) is 18.8. The van der Waals surface area contributed by atoms with E-state index in [9.17, 15) is 18.4 Å². The third-order valence-corrected chi connectivity index (χ3v) is 4.63. The van der Waals surface area contributed by atoms with Crippen molar-refractivity contribution in [2.75, 3.05) is 51.2 Å². The average Bonchev–Trinajstić information content (AvgIpc) is 2.78. The summed E-state index contributed by atoms with van der Waals surface area (Å²) in [5, 5.41) is 23.9. The van der Waals surface area contributed by atoms with Crippen molar-refractivity contribution in [3.05, 3.63) is 41.0 Å². The minimum Gasteiger partial charge on any atom is -0.385 e. The van der Waals surface area contributed by atoms with E-state index in [1.54, 1.807) is 21.1 Å². The van der Waals surface area contributed by atoms with Gasteiger partial charge < -0.3 is 20.1 Å². The summed E-state index contributed by atoms with van der Waals surface area (Å²) < 4.78 is 50.0. The normalized spacial score (nSPS) is 11.5. The zero-order chi connectivity index (χ0) is 24.3. The van der Waals surface area contributed by atoms with E-state index in [0.717, 1.165) is 6.07 Å². The summed E-state index contributed by atoms with van der Waals surface area (Å²) in [6, 6.07) is 7.01. The molecule has 8 nitrogen and oxygen atoms in total. The number of nitriles is 1. The number of hydrogen-bond donors (Lipinski definition) is 2. The van der Waals surface area contributed by atoms with Gasteiger partial charge in [0.25, 0.3) is 0 Å². The Bertz CT molecular complexity index is 989. The van der Waals surface area contributed by atoms with Crippen LogP contribution in [0.4, 0.5) is 36.2 Å². The molecule has 0 atom stereocenters. The molecule has 178 valence electrons. The lowest BCUT2D eigenvalue weighted by Gasteiger charge is -2.16. The van der Waals surface area contributed by atoms with Gasteiger partial charge in [-0.2, -0.15) is 18.4 Å². The molecule has 1 aromatic carbocycles. The quantitative estimate of drug-likeness (QED) is 0.313. The lowest BCUT2D eigenvalue weighted by atomic mass is 10.1. The maximum absolute atomic E-state index is 13.3. The molecule has 0 saturated heterocycles. The molecule has 0 fully saturated rings. The van der Waals surface area contributed by atoms with Gasteiger partial charge in [-0.15, -0.1) is 10.2 Å². The van der Waals surface area contributed by atoms with Crippen molar-refractivity contribution in [1.82, 2.24) is 4.98 Å². The third-order valence-electron chi connectivity index (χ3n) is 4.63. The number of anilines is 2. The van der Waals surface area contributed by atoms with Gasteiger partial charge in [0.05, 0.1) is 16.8 Å². The molecule has 33 heavy (non-hydrogen) atoms. The minimum atomic E-state index is -4.57. The zero-order valence-electron chi connectivity index (χ0n) is 18.8. The van der Waals surface area contributed by atoms with Crippen LogP contribution in [0.25, 0.3) is 0 Å². The van der Waals surface area contributed by atoms with Crippen LogP contribution in [0.5, 0.6) is 0 Å². The Labute approximate surface area is 190 Å². The highest BCUT2D eigenvalue weighted by atomic mass is 19.4. The van der Waals surface area contributed by atoms with Crippen molar-refractivity contribution in [2.24, 2.45) is 10.2 Å². The van der Waals surface area contributed by atoms with Crippen LogP contribution in [0.3, 0.4) is 0 Å². The topological polar surface area (TPSA) is 104 Å². The van der Waals surface area contributed by atoms with Crippen molar-refractivity contribution in [2.45, 2.75) is 25.9 Å². The molecule has 0 spiro atoms. The summed E-state index contributed by atoms with van der Waals surface area (Å²) in [5.41, 5.74) is -0.332. The van der Waals surface area contributed by atoms with Gasteiger partial charge in [-0.05, 0) is 31.9 Å². The van der Waals surface area contributed by atoms with E-state index >= 15 is 0 Å². The second-order valence-electron chi connectivity index (χ2n) is 7.03. The highest BCUT2D eigenvalue weighted by Gasteiger charge is 2.33. The van der Waals surface area contributed by atoms with Gasteiger partial charge >= 0.3 is 6.18 Å². The van der Waals surface area contributed by atoms with Crippen LogP contribution >= 0.6 is 0 Å². The minimum absolute atomic E-state index is 0.198. The number of hydrogen-bond acceptors (Lipinski definition) is 8. The maximum atomic E-state index is 13.3. The van der Waals surface area contributed by atoms with E-state index in [2.05, 4.69) is 31.9 Å². The fraction of sp³-hybridized carbons (Fsp3) is 0.455. The molecule has 0 aliphatic carbocycles. The second-order valence-corrected chi connectivity index (χ2v) is 7.03. The number of nitrogens with one attached hydrogen (secondary N) is 2. The van der Waals surface area contributed by atoms with E-state index < -0.39 is 11.7 Å². The Morgan fingerprint density at radius 3 is 2.18 bits per heavy atom. The molecule has 0 saturated carbocycles. The highest BCUT2D eigenvalue weighted by molar-refractivity contribution is 5.74. The van der Waals surface area contributed by atoms with Crippen molar-refractivity contribution in [3.63, 3.8) is 0 Å². The third kappa shape index (κ3) is 7.40. The van der Waals surface area contributed by atoms with Crippen molar-refractivity contribution >= 4 is 23.0 Å². The molecule has 0 unspecified atom stereocenters. The van der Waals surface area contributed by atoms with Gasteiger partial charge in [-0.1, -0.05) is 12.1 Å². The number of alkyl halides is 3. The summed E-state index contributed by atoms with van der Waals surface area (Å²) >= 11 is 0. The Morgan fingerprint density at radius 2 is 1.61 bits per heavy atom. The first kappa shape index (κ1) is 26.0. The molecular formula is C22H27F3N6O2. The Hall–Kier alpha value is -3.23. The molecule has 1 aromatic heterocycles. The number of nitrogens with zero attached hydrogens (tertiary/aromatic N) is 4. The molecule has 0 radical (unpaired) electrons. The molecule has 0 bridgehead atoms. The molecule has 0 aliphatic heterocycles. The van der Waals surface area contributed by atoms with Crippen LogP contribution in [0, 0.1) is 18.3 Å². The number of azo groups is 1. The van der Waals surface area contributed by atoms with Crippen LogP contribution in [-0.4, -0.2) is 45.5 Å². The first-order valence-corrected chi connectivity index (χ1v) is 10.3. The van der Waals surface area contributed by atoms with Gasteiger partial charge in [0.2, 0.25) is 0 Å². The lowest BCUT2D eigenvalue weighted by Crippen LogP contribution is -2.12. The number of halogens is 3. The Morgan fingerprint density at radius 1 is 1.00 bits per heavy atom. The van der Waals surface area contributed by atoms with Crippen LogP contribution < -0.4 is 10.6 Å². The van der Waals surface area contributed by atoms with Crippen molar-refractivity contribution in [1.29, 1.82) is 5.26 Å². The van der Waals surface area contributed by atoms with E-state index in [-0.39, 0.29) is 16.9 Å². The molecule has 2 aromatic rings. The van der Waals surface area contributed by atoms with Gasteiger partial charge in [-0.25, -0.2) is 4.98 Å². The SMILES string of the molecule is COCCCNc1nc(NCCCOC)c(/N=N/c2ccccc2C(F)(F)F)c(C)c1C#N. The second kappa shape index (κ2) is 12.7.